The highest BCUT2D eigenvalue weighted by molar-refractivity contribution is 7.99. The van der Waals surface area contributed by atoms with E-state index >= 15 is 0 Å². The predicted octanol–water partition coefficient (Wildman–Crippen LogP) is 2.68. The maximum atomic E-state index is 12.8. The Morgan fingerprint density at radius 1 is 1.12 bits per heavy atom. The van der Waals surface area contributed by atoms with Crippen LogP contribution in [-0.4, -0.2) is 44.6 Å². The fraction of sp³-hybridized carbons (Fsp3) is 0.227. The number of carbonyl (C=O) groups is 2. The highest BCUT2D eigenvalue weighted by atomic mass is 32.2. The molecule has 2 aromatic carbocycles. The number of amides is 2. The molecule has 2 heterocycles. The molecule has 164 valence electrons. The zero-order valence-corrected chi connectivity index (χ0v) is 18.2. The molecule has 1 atom stereocenters. The van der Waals surface area contributed by atoms with Crippen LogP contribution in [0.5, 0.6) is 0 Å². The first-order chi connectivity index (χ1) is 15.7. The number of tetrazole rings is 1. The number of benzene rings is 2. The molecule has 0 radical (unpaired) electrons. The molecule has 0 spiro atoms. The number of nitrogens with zero attached hydrogens (tertiary/aromatic N) is 4. The lowest BCUT2D eigenvalue weighted by Crippen LogP contribution is -2.46. The van der Waals surface area contributed by atoms with E-state index in [1.165, 1.54) is 11.8 Å². The standard InChI is InChI=1S/C22H22N6O3S/c1-2-31-20(29)18-17(23-21(30)24-19(18)16-11-7-4-8-12-16)14-32-22-25-26-27-28(22)13-15-9-5-3-6-10-15/h3-12,19H,2,13-14H2,1H3,(H2,23,24,30). The quantitative estimate of drug-likeness (QED) is 0.401. The highest BCUT2D eigenvalue weighted by Crippen LogP contribution is 2.30. The molecule has 4 rings (SSSR count). The van der Waals surface area contributed by atoms with Gasteiger partial charge in [0.25, 0.3) is 0 Å². The van der Waals surface area contributed by atoms with Crippen molar-refractivity contribution in [2.45, 2.75) is 24.7 Å². The lowest BCUT2D eigenvalue weighted by atomic mass is 9.95. The smallest absolute Gasteiger partial charge is 0.338 e. The van der Waals surface area contributed by atoms with E-state index < -0.39 is 12.0 Å². The summed E-state index contributed by atoms with van der Waals surface area (Å²) in [7, 11) is 0. The number of urea groups is 1. The highest BCUT2D eigenvalue weighted by Gasteiger charge is 2.33. The molecule has 10 heteroatoms. The molecule has 9 nitrogen and oxygen atoms in total. The third-order valence-electron chi connectivity index (χ3n) is 4.80. The van der Waals surface area contributed by atoms with Crippen molar-refractivity contribution < 1.29 is 14.3 Å². The maximum absolute atomic E-state index is 12.8. The Balaban J connectivity index is 1.61. The SMILES string of the molecule is CCOC(=O)C1=C(CSc2nnnn2Cc2ccccc2)NC(=O)NC1c1ccccc1. The fourth-order valence-corrected chi connectivity index (χ4v) is 4.21. The van der Waals surface area contributed by atoms with Crippen LogP contribution in [0, 0.1) is 0 Å². The lowest BCUT2D eigenvalue weighted by Gasteiger charge is -2.29. The molecule has 0 fully saturated rings. The van der Waals surface area contributed by atoms with Gasteiger partial charge in [-0.15, -0.1) is 5.10 Å². The Labute approximate surface area is 189 Å². The molecular formula is C22H22N6O3S. The zero-order valence-electron chi connectivity index (χ0n) is 17.4. The third-order valence-corrected chi connectivity index (χ3v) is 5.79. The topological polar surface area (TPSA) is 111 Å². The number of rotatable bonds is 8. The van der Waals surface area contributed by atoms with Gasteiger partial charge in [0, 0.05) is 11.4 Å². The van der Waals surface area contributed by atoms with Crippen LogP contribution < -0.4 is 10.6 Å². The molecule has 32 heavy (non-hydrogen) atoms. The summed E-state index contributed by atoms with van der Waals surface area (Å²) in [5.74, 6) is -0.187. The number of aromatic nitrogens is 4. The van der Waals surface area contributed by atoms with Crippen molar-refractivity contribution >= 4 is 23.8 Å². The van der Waals surface area contributed by atoms with Crippen molar-refractivity contribution in [2.24, 2.45) is 0 Å². The van der Waals surface area contributed by atoms with Gasteiger partial charge in [-0.1, -0.05) is 72.4 Å². The number of nitrogens with one attached hydrogen (secondary N) is 2. The lowest BCUT2D eigenvalue weighted by molar-refractivity contribution is -0.139. The molecule has 3 aromatic rings. The number of ether oxygens (including phenoxy) is 1. The summed E-state index contributed by atoms with van der Waals surface area (Å²) in [6.45, 7) is 2.49. The monoisotopic (exact) mass is 450 g/mol. The van der Waals surface area contributed by atoms with E-state index in [2.05, 4.69) is 26.2 Å². The minimum Gasteiger partial charge on any atom is -0.463 e. The van der Waals surface area contributed by atoms with Crippen molar-refractivity contribution in [3.05, 3.63) is 83.1 Å². The van der Waals surface area contributed by atoms with Gasteiger partial charge in [0.1, 0.15) is 0 Å². The molecule has 0 aliphatic carbocycles. The number of hydrogen-bond acceptors (Lipinski definition) is 7. The largest absolute Gasteiger partial charge is 0.463 e. The minimum absolute atomic E-state index is 0.230. The molecule has 0 saturated heterocycles. The van der Waals surface area contributed by atoms with Gasteiger partial charge in [-0.05, 0) is 28.5 Å². The first kappa shape index (κ1) is 21.6. The number of thioether (sulfide) groups is 1. The van der Waals surface area contributed by atoms with Gasteiger partial charge < -0.3 is 15.4 Å². The van der Waals surface area contributed by atoms with Crippen molar-refractivity contribution in [3.8, 4) is 0 Å². The molecule has 1 aromatic heterocycles. The molecule has 2 amide bonds. The number of hydrogen-bond donors (Lipinski definition) is 2. The maximum Gasteiger partial charge on any atom is 0.338 e. The first-order valence-corrected chi connectivity index (χ1v) is 11.1. The predicted molar refractivity (Wildman–Crippen MR) is 119 cm³/mol. The minimum atomic E-state index is -0.611. The van der Waals surface area contributed by atoms with Crippen LogP contribution in [0.2, 0.25) is 0 Å². The van der Waals surface area contributed by atoms with E-state index in [0.29, 0.717) is 28.7 Å². The summed E-state index contributed by atoms with van der Waals surface area (Å²) in [6, 6.07) is 18.2. The van der Waals surface area contributed by atoms with E-state index in [0.717, 1.165) is 11.1 Å². The average molecular weight is 451 g/mol. The molecule has 1 unspecified atom stereocenters. The van der Waals surface area contributed by atoms with E-state index in [9.17, 15) is 9.59 Å². The van der Waals surface area contributed by atoms with Crippen molar-refractivity contribution in [2.75, 3.05) is 12.4 Å². The first-order valence-electron chi connectivity index (χ1n) is 10.1. The molecule has 1 aliphatic heterocycles. The summed E-state index contributed by atoms with van der Waals surface area (Å²) in [6.07, 6.45) is 0. The second-order valence-corrected chi connectivity index (χ2v) is 7.89. The second kappa shape index (κ2) is 10.1. The zero-order chi connectivity index (χ0) is 22.3. The van der Waals surface area contributed by atoms with Crippen molar-refractivity contribution in [3.63, 3.8) is 0 Å². The summed E-state index contributed by atoms with van der Waals surface area (Å²) in [5, 5.41) is 18.1. The van der Waals surface area contributed by atoms with E-state index in [1.807, 2.05) is 60.7 Å². The van der Waals surface area contributed by atoms with Gasteiger partial charge in [0.2, 0.25) is 5.16 Å². The molecule has 2 N–H and O–H groups in total. The van der Waals surface area contributed by atoms with Crippen LogP contribution >= 0.6 is 11.8 Å². The van der Waals surface area contributed by atoms with Crippen LogP contribution in [0.25, 0.3) is 0 Å². The van der Waals surface area contributed by atoms with E-state index in [1.54, 1.807) is 11.6 Å². The Hall–Kier alpha value is -3.66. The number of esters is 1. The van der Waals surface area contributed by atoms with Gasteiger partial charge in [-0.25, -0.2) is 14.3 Å². The fourth-order valence-electron chi connectivity index (χ4n) is 3.37. The van der Waals surface area contributed by atoms with Gasteiger partial charge in [-0.3, -0.25) is 0 Å². The summed E-state index contributed by atoms with van der Waals surface area (Å²) in [5.41, 5.74) is 2.70. The normalized spacial score (nSPS) is 15.8. The summed E-state index contributed by atoms with van der Waals surface area (Å²) in [4.78, 5) is 25.2. The second-order valence-electron chi connectivity index (χ2n) is 6.95. The third kappa shape index (κ3) is 4.97. The van der Waals surface area contributed by atoms with E-state index in [-0.39, 0.29) is 12.6 Å². The Morgan fingerprint density at radius 2 is 1.84 bits per heavy atom. The van der Waals surface area contributed by atoms with E-state index in [4.69, 9.17) is 4.74 Å². The van der Waals surface area contributed by atoms with Crippen LogP contribution in [-0.2, 0) is 16.1 Å². The van der Waals surface area contributed by atoms with Gasteiger partial charge in [0.05, 0.1) is 24.8 Å². The van der Waals surface area contributed by atoms with Crippen LogP contribution in [0.1, 0.15) is 24.1 Å². The summed E-state index contributed by atoms with van der Waals surface area (Å²) < 4.78 is 6.98. The average Bonchev–Trinajstić information content (AvgIpc) is 3.25. The van der Waals surface area contributed by atoms with Crippen LogP contribution in [0.4, 0.5) is 4.79 Å². The van der Waals surface area contributed by atoms with Crippen LogP contribution in [0.15, 0.2) is 77.1 Å². The van der Waals surface area contributed by atoms with Crippen molar-refractivity contribution in [1.82, 2.24) is 30.8 Å². The van der Waals surface area contributed by atoms with Gasteiger partial charge in [-0.2, -0.15) is 0 Å². The molecule has 1 aliphatic rings. The van der Waals surface area contributed by atoms with Gasteiger partial charge >= 0.3 is 12.0 Å². The Kier molecular flexibility index (Phi) is 6.81. The summed E-state index contributed by atoms with van der Waals surface area (Å²) >= 11 is 1.34. The molecular weight excluding hydrogens is 428 g/mol. The Morgan fingerprint density at radius 3 is 2.56 bits per heavy atom. The van der Waals surface area contributed by atoms with Crippen LogP contribution in [0.3, 0.4) is 0 Å². The van der Waals surface area contributed by atoms with Crippen molar-refractivity contribution in [1.29, 1.82) is 0 Å². The molecule has 0 bridgehead atoms. The number of carbonyl (C=O) groups excluding carboxylic acids is 2. The Bertz CT molecular complexity index is 1120. The van der Waals surface area contributed by atoms with Gasteiger partial charge in [0.15, 0.2) is 0 Å². The molecule has 0 saturated carbocycles.